The molecule has 0 saturated carbocycles. The van der Waals surface area contributed by atoms with Crippen LogP contribution in [0.5, 0.6) is 0 Å². The van der Waals surface area contributed by atoms with Crippen LogP contribution < -0.4 is 16.6 Å². The number of amides is 2. The molecule has 28 heavy (non-hydrogen) atoms. The lowest BCUT2D eigenvalue weighted by Crippen LogP contribution is -2.31. The van der Waals surface area contributed by atoms with E-state index in [0.717, 1.165) is 0 Å². The first-order valence-corrected chi connectivity index (χ1v) is 8.82. The lowest BCUT2D eigenvalue weighted by atomic mass is 10.1. The molecule has 0 bridgehead atoms. The van der Waals surface area contributed by atoms with Gasteiger partial charge in [-0.1, -0.05) is 23.7 Å². The average Bonchev–Trinajstić information content (AvgIpc) is 2.65. The van der Waals surface area contributed by atoms with Gasteiger partial charge in [0.05, 0.1) is 11.4 Å². The molecule has 3 aromatic rings. The van der Waals surface area contributed by atoms with Crippen LogP contribution in [0.25, 0.3) is 10.8 Å². The number of nitrogens with two attached hydrogens (primary N) is 1. The molecular formula is C20H17ClFN3O3. The van der Waals surface area contributed by atoms with E-state index in [0.29, 0.717) is 22.0 Å². The summed E-state index contributed by atoms with van der Waals surface area (Å²) in [6.07, 6.45) is 1.46. The molecule has 0 saturated heterocycles. The zero-order valence-corrected chi connectivity index (χ0v) is 15.7. The third kappa shape index (κ3) is 3.89. The van der Waals surface area contributed by atoms with Crippen molar-refractivity contribution in [2.45, 2.75) is 19.4 Å². The van der Waals surface area contributed by atoms with Crippen LogP contribution in [-0.2, 0) is 16.0 Å². The summed E-state index contributed by atoms with van der Waals surface area (Å²) in [6.45, 7) is 1.54. The van der Waals surface area contributed by atoms with Crippen molar-refractivity contribution >= 4 is 39.9 Å². The van der Waals surface area contributed by atoms with Crippen molar-refractivity contribution in [1.29, 1.82) is 0 Å². The van der Waals surface area contributed by atoms with Gasteiger partial charge < -0.3 is 15.6 Å². The normalized spacial score (nSPS) is 12.0. The lowest BCUT2D eigenvalue weighted by Gasteiger charge is -2.14. The maximum absolute atomic E-state index is 13.2. The molecule has 0 radical (unpaired) electrons. The Labute approximate surface area is 164 Å². The Kier molecular flexibility index (Phi) is 5.46. The van der Waals surface area contributed by atoms with E-state index in [2.05, 4.69) is 5.32 Å². The number of fused-ring (bicyclic) bond motifs is 1. The van der Waals surface area contributed by atoms with Gasteiger partial charge in [-0.05, 0) is 42.8 Å². The largest absolute Gasteiger partial charge is 0.368 e. The molecule has 0 aliphatic rings. The molecule has 8 heteroatoms. The first-order chi connectivity index (χ1) is 13.3. The number of primary amides is 1. The van der Waals surface area contributed by atoms with E-state index >= 15 is 0 Å². The van der Waals surface area contributed by atoms with E-state index in [-0.39, 0.29) is 22.9 Å². The minimum atomic E-state index is -0.793. The van der Waals surface area contributed by atoms with Gasteiger partial charge in [0.1, 0.15) is 11.9 Å². The van der Waals surface area contributed by atoms with E-state index in [4.69, 9.17) is 17.3 Å². The van der Waals surface area contributed by atoms with Crippen molar-refractivity contribution < 1.29 is 14.0 Å². The number of carbonyl (C=O) groups is 2. The molecule has 0 aliphatic carbocycles. The molecule has 6 nitrogen and oxygen atoms in total. The maximum atomic E-state index is 13.2. The second kappa shape index (κ2) is 7.82. The fourth-order valence-corrected chi connectivity index (χ4v) is 3.08. The Morgan fingerprint density at radius 3 is 2.64 bits per heavy atom. The Morgan fingerprint density at radius 1 is 1.21 bits per heavy atom. The fraction of sp³-hybridized carbons (Fsp3) is 0.150. The van der Waals surface area contributed by atoms with Gasteiger partial charge in [-0.15, -0.1) is 0 Å². The number of hydrogen-bond acceptors (Lipinski definition) is 3. The first kappa shape index (κ1) is 19.6. The van der Waals surface area contributed by atoms with E-state index in [9.17, 15) is 18.8 Å². The topological polar surface area (TPSA) is 94.2 Å². The summed E-state index contributed by atoms with van der Waals surface area (Å²) in [4.78, 5) is 36.4. The lowest BCUT2D eigenvalue weighted by molar-refractivity contribution is -0.120. The Bertz CT molecular complexity index is 1140. The number of aromatic nitrogens is 1. The van der Waals surface area contributed by atoms with Crippen LogP contribution in [0.2, 0.25) is 5.02 Å². The third-order valence-corrected chi connectivity index (χ3v) is 4.71. The molecule has 0 fully saturated rings. The predicted molar refractivity (Wildman–Crippen MR) is 106 cm³/mol. The monoisotopic (exact) mass is 401 g/mol. The maximum Gasteiger partial charge on any atom is 0.259 e. The highest BCUT2D eigenvalue weighted by atomic mass is 35.5. The highest BCUT2D eigenvalue weighted by molar-refractivity contribution is 6.30. The van der Waals surface area contributed by atoms with Gasteiger partial charge in [-0.3, -0.25) is 14.4 Å². The van der Waals surface area contributed by atoms with Crippen molar-refractivity contribution in [2.75, 3.05) is 5.32 Å². The molecule has 1 atom stereocenters. The number of nitrogens with zero attached hydrogens (tertiary/aromatic N) is 1. The SMILES string of the molecule is C[C@@H](C(N)=O)n1ccc2c(NC(=O)Cc3ccc(F)c(Cl)c3)cccc2c1=O. The molecule has 2 amide bonds. The number of anilines is 1. The minimum absolute atomic E-state index is 0.00778. The number of halogens is 2. The van der Waals surface area contributed by atoms with E-state index < -0.39 is 17.8 Å². The van der Waals surface area contributed by atoms with E-state index in [1.54, 1.807) is 24.3 Å². The van der Waals surface area contributed by atoms with E-state index in [1.807, 2.05) is 0 Å². The zero-order valence-electron chi connectivity index (χ0n) is 14.9. The smallest absolute Gasteiger partial charge is 0.259 e. The number of rotatable bonds is 5. The Balaban J connectivity index is 1.90. The van der Waals surface area contributed by atoms with Gasteiger partial charge in [0.2, 0.25) is 11.8 Å². The van der Waals surface area contributed by atoms with Crippen molar-refractivity contribution in [3.63, 3.8) is 0 Å². The second-order valence-electron chi connectivity index (χ2n) is 6.35. The highest BCUT2D eigenvalue weighted by Gasteiger charge is 2.15. The third-order valence-electron chi connectivity index (χ3n) is 4.42. The van der Waals surface area contributed by atoms with Crippen LogP contribution >= 0.6 is 11.6 Å². The van der Waals surface area contributed by atoms with Crippen molar-refractivity contribution in [2.24, 2.45) is 5.73 Å². The standard InChI is InChI=1S/C20H17ClFN3O3/c1-11(19(23)27)25-8-7-13-14(20(25)28)3-2-4-17(13)24-18(26)10-12-5-6-16(22)15(21)9-12/h2-9,11H,10H2,1H3,(H2,23,27)(H,24,26)/t11-/m0/s1. The summed E-state index contributed by atoms with van der Waals surface area (Å²) >= 11 is 5.74. The van der Waals surface area contributed by atoms with Crippen LogP contribution in [-0.4, -0.2) is 16.4 Å². The van der Waals surface area contributed by atoms with Crippen molar-refractivity contribution in [3.05, 3.63) is 75.4 Å². The minimum Gasteiger partial charge on any atom is -0.368 e. The van der Waals surface area contributed by atoms with Gasteiger partial charge >= 0.3 is 0 Å². The number of hydrogen-bond donors (Lipinski definition) is 2. The van der Waals surface area contributed by atoms with Crippen LogP contribution in [0.1, 0.15) is 18.5 Å². The number of pyridine rings is 1. The fourth-order valence-electron chi connectivity index (χ4n) is 2.87. The molecule has 1 heterocycles. The zero-order chi connectivity index (χ0) is 20.4. The van der Waals surface area contributed by atoms with Crippen LogP contribution in [0.3, 0.4) is 0 Å². The quantitative estimate of drug-likeness (QED) is 0.688. The van der Waals surface area contributed by atoms with Gasteiger partial charge in [0.15, 0.2) is 0 Å². The Morgan fingerprint density at radius 2 is 1.96 bits per heavy atom. The van der Waals surface area contributed by atoms with Crippen molar-refractivity contribution in [3.8, 4) is 0 Å². The summed E-state index contributed by atoms with van der Waals surface area (Å²) < 4.78 is 14.5. The summed E-state index contributed by atoms with van der Waals surface area (Å²) in [7, 11) is 0. The molecule has 0 unspecified atom stereocenters. The number of nitrogens with one attached hydrogen (secondary N) is 1. The van der Waals surface area contributed by atoms with Gasteiger partial charge in [0, 0.05) is 22.7 Å². The molecule has 144 valence electrons. The molecule has 3 rings (SSSR count). The summed E-state index contributed by atoms with van der Waals surface area (Å²) in [5.74, 6) is -1.52. The molecule has 1 aromatic heterocycles. The molecule has 0 spiro atoms. The highest BCUT2D eigenvalue weighted by Crippen LogP contribution is 2.22. The predicted octanol–water partition coefficient (Wildman–Crippen LogP) is 3.02. The van der Waals surface area contributed by atoms with Gasteiger partial charge in [-0.25, -0.2) is 4.39 Å². The van der Waals surface area contributed by atoms with Gasteiger partial charge in [-0.2, -0.15) is 0 Å². The molecular weight excluding hydrogens is 385 g/mol. The Hall–Kier alpha value is -3.19. The van der Waals surface area contributed by atoms with Crippen molar-refractivity contribution in [1.82, 2.24) is 4.57 Å². The van der Waals surface area contributed by atoms with Crippen LogP contribution in [0.4, 0.5) is 10.1 Å². The number of benzene rings is 2. The summed E-state index contributed by atoms with van der Waals surface area (Å²) in [5.41, 5.74) is 5.91. The molecule has 3 N–H and O–H groups in total. The van der Waals surface area contributed by atoms with Gasteiger partial charge in [0.25, 0.3) is 5.56 Å². The molecule has 0 aliphatic heterocycles. The number of carbonyl (C=O) groups excluding carboxylic acids is 2. The summed E-state index contributed by atoms with van der Waals surface area (Å²) in [6, 6.07) is 9.82. The van der Waals surface area contributed by atoms with Crippen LogP contribution in [0, 0.1) is 5.82 Å². The first-order valence-electron chi connectivity index (χ1n) is 8.45. The summed E-state index contributed by atoms with van der Waals surface area (Å²) in [5, 5.41) is 3.57. The average molecular weight is 402 g/mol. The van der Waals surface area contributed by atoms with E-state index in [1.165, 1.54) is 35.9 Å². The van der Waals surface area contributed by atoms with Crippen LogP contribution in [0.15, 0.2) is 53.5 Å². The molecule has 2 aromatic carbocycles. The second-order valence-corrected chi connectivity index (χ2v) is 6.75.